The number of methoxy groups -OCH3 is 1. The van der Waals surface area contributed by atoms with Crippen molar-refractivity contribution in [3.63, 3.8) is 0 Å². The molecule has 1 saturated heterocycles. The summed E-state index contributed by atoms with van der Waals surface area (Å²) < 4.78 is 4.96. The molecule has 5 heteroatoms. The lowest BCUT2D eigenvalue weighted by Gasteiger charge is -2.29. The topological polar surface area (TPSA) is 53.6 Å². The van der Waals surface area contributed by atoms with Crippen molar-refractivity contribution in [2.45, 2.75) is 26.2 Å². The summed E-state index contributed by atoms with van der Waals surface area (Å²) in [6, 6.07) is 0. The van der Waals surface area contributed by atoms with Crippen LogP contribution in [-0.4, -0.2) is 63.8 Å². The maximum absolute atomic E-state index is 11.8. The highest BCUT2D eigenvalue weighted by atomic mass is 16.5. The first-order valence-corrected chi connectivity index (χ1v) is 7.45. The highest BCUT2D eigenvalue weighted by Gasteiger charge is 2.17. The van der Waals surface area contributed by atoms with E-state index >= 15 is 0 Å². The van der Waals surface area contributed by atoms with Crippen LogP contribution in [0.3, 0.4) is 0 Å². The Labute approximate surface area is 117 Å². The number of carbonyl (C=O) groups is 1. The Kier molecular flexibility index (Phi) is 8.79. The van der Waals surface area contributed by atoms with E-state index < -0.39 is 0 Å². The monoisotopic (exact) mass is 271 g/mol. The summed E-state index contributed by atoms with van der Waals surface area (Å²) >= 11 is 0. The predicted octanol–water partition coefficient (Wildman–Crippen LogP) is 0.461. The lowest BCUT2D eigenvalue weighted by atomic mass is 9.99. The van der Waals surface area contributed by atoms with E-state index in [9.17, 15) is 4.79 Å². The van der Waals surface area contributed by atoms with Crippen LogP contribution in [0.2, 0.25) is 0 Å². The van der Waals surface area contributed by atoms with Crippen molar-refractivity contribution in [3.8, 4) is 0 Å². The molecule has 5 nitrogen and oxygen atoms in total. The molecule has 0 radical (unpaired) electrons. The average Bonchev–Trinajstić information content (AvgIpc) is 2.44. The molecule has 0 saturated carbocycles. The zero-order valence-corrected chi connectivity index (χ0v) is 12.4. The fraction of sp³-hybridized carbons (Fsp3) is 0.929. The first-order valence-electron chi connectivity index (χ1n) is 7.45. The van der Waals surface area contributed by atoms with E-state index in [-0.39, 0.29) is 5.91 Å². The Bertz CT molecular complexity index is 243. The second kappa shape index (κ2) is 10.2. The summed E-state index contributed by atoms with van der Waals surface area (Å²) in [5.41, 5.74) is 0. The summed E-state index contributed by atoms with van der Waals surface area (Å²) in [5, 5.41) is 6.37. The van der Waals surface area contributed by atoms with E-state index in [0.717, 1.165) is 32.6 Å². The van der Waals surface area contributed by atoms with Gasteiger partial charge in [-0.25, -0.2) is 0 Å². The number of hydrogen-bond acceptors (Lipinski definition) is 4. The summed E-state index contributed by atoms with van der Waals surface area (Å²) in [4.78, 5) is 14.0. The average molecular weight is 271 g/mol. The number of nitrogens with zero attached hydrogens (tertiary/aromatic N) is 1. The number of piperidine rings is 1. The van der Waals surface area contributed by atoms with E-state index in [4.69, 9.17) is 4.74 Å². The molecule has 2 N–H and O–H groups in total. The standard InChI is InChI=1S/C14H29N3O2/c1-3-17(11-13-6-4-7-15-10-13)12-14(18)16-8-5-9-19-2/h13,15H,3-12H2,1-2H3,(H,16,18). The van der Waals surface area contributed by atoms with Gasteiger partial charge >= 0.3 is 0 Å². The molecule has 1 heterocycles. The summed E-state index contributed by atoms with van der Waals surface area (Å²) in [5.74, 6) is 0.816. The molecule has 112 valence electrons. The van der Waals surface area contributed by atoms with Crippen LogP contribution in [0.15, 0.2) is 0 Å². The molecule has 0 aromatic rings. The van der Waals surface area contributed by atoms with Crippen LogP contribution in [0.4, 0.5) is 0 Å². The lowest BCUT2D eigenvalue weighted by molar-refractivity contribution is -0.122. The van der Waals surface area contributed by atoms with Crippen molar-refractivity contribution < 1.29 is 9.53 Å². The van der Waals surface area contributed by atoms with Crippen LogP contribution >= 0.6 is 0 Å². The van der Waals surface area contributed by atoms with Crippen LogP contribution in [-0.2, 0) is 9.53 Å². The zero-order chi connectivity index (χ0) is 13.9. The van der Waals surface area contributed by atoms with E-state index in [1.807, 2.05) is 0 Å². The smallest absolute Gasteiger partial charge is 0.234 e. The minimum atomic E-state index is 0.127. The third-order valence-electron chi connectivity index (χ3n) is 3.58. The molecular weight excluding hydrogens is 242 g/mol. The third kappa shape index (κ3) is 7.50. The fourth-order valence-electron chi connectivity index (χ4n) is 2.45. The van der Waals surface area contributed by atoms with Crippen LogP contribution in [0.1, 0.15) is 26.2 Å². The molecule has 0 bridgehead atoms. The fourth-order valence-corrected chi connectivity index (χ4v) is 2.45. The van der Waals surface area contributed by atoms with Crippen molar-refractivity contribution in [1.29, 1.82) is 0 Å². The van der Waals surface area contributed by atoms with Crippen molar-refractivity contribution in [1.82, 2.24) is 15.5 Å². The summed E-state index contributed by atoms with van der Waals surface area (Å²) in [6.07, 6.45) is 3.41. The van der Waals surface area contributed by atoms with Crippen LogP contribution in [0.5, 0.6) is 0 Å². The van der Waals surface area contributed by atoms with Gasteiger partial charge in [0.15, 0.2) is 0 Å². The maximum atomic E-state index is 11.8. The SMILES string of the molecule is CCN(CC(=O)NCCCOC)CC1CCCNC1. The molecule has 0 spiro atoms. The Morgan fingerprint density at radius 1 is 1.53 bits per heavy atom. The molecule has 1 fully saturated rings. The van der Waals surface area contributed by atoms with Gasteiger partial charge in [-0.2, -0.15) is 0 Å². The van der Waals surface area contributed by atoms with E-state index in [1.54, 1.807) is 7.11 Å². The first-order chi connectivity index (χ1) is 9.26. The number of hydrogen-bond donors (Lipinski definition) is 2. The van der Waals surface area contributed by atoms with Gasteiger partial charge in [-0.3, -0.25) is 9.69 Å². The van der Waals surface area contributed by atoms with E-state index in [1.165, 1.54) is 12.8 Å². The number of amides is 1. The number of nitrogens with one attached hydrogen (secondary N) is 2. The van der Waals surface area contributed by atoms with E-state index in [0.29, 0.717) is 25.6 Å². The second-order valence-electron chi connectivity index (χ2n) is 5.24. The Hall–Kier alpha value is -0.650. The van der Waals surface area contributed by atoms with E-state index in [2.05, 4.69) is 22.5 Å². The van der Waals surface area contributed by atoms with Gasteiger partial charge in [0, 0.05) is 26.8 Å². The number of likely N-dealkylation sites (N-methyl/N-ethyl adjacent to an activating group) is 1. The molecule has 1 amide bonds. The van der Waals surface area contributed by atoms with Gasteiger partial charge in [-0.1, -0.05) is 6.92 Å². The van der Waals surface area contributed by atoms with Crippen LogP contribution in [0, 0.1) is 5.92 Å². The van der Waals surface area contributed by atoms with Crippen molar-refractivity contribution in [2.24, 2.45) is 5.92 Å². The third-order valence-corrected chi connectivity index (χ3v) is 3.58. The highest BCUT2D eigenvalue weighted by molar-refractivity contribution is 5.77. The normalized spacial score (nSPS) is 19.6. The molecule has 0 aromatic heterocycles. The predicted molar refractivity (Wildman–Crippen MR) is 77.2 cm³/mol. The lowest BCUT2D eigenvalue weighted by Crippen LogP contribution is -2.43. The van der Waals surface area contributed by atoms with Gasteiger partial charge in [-0.15, -0.1) is 0 Å². The van der Waals surface area contributed by atoms with Gasteiger partial charge in [0.05, 0.1) is 6.54 Å². The molecule has 19 heavy (non-hydrogen) atoms. The Morgan fingerprint density at radius 2 is 2.37 bits per heavy atom. The van der Waals surface area contributed by atoms with Gasteiger partial charge in [0.25, 0.3) is 0 Å². The minimum Gasteiger partial charge on any atom is -0.385 e. The molecule has 1 rings (SSSR count). The van der Waals surface area contributed by atoms with Crippen LogP contribution in [0.25, 0.3) is 0 Å². The Balaban J connectivity index is 2.17. The molecule has 1 atom stereocenters. The molecule has 0 aliphatic carbocycles. The minimum absolute atomic E-state index is 0.127. The largest absolute Gasteiger partial charge is 0.385 e. The van der Waals surface area contributed by atoms with Gasteiger partial charge in [-0.05, 0) is 44.8 Å². The van der Waals surface area contributed by atoms with Gasteiger partial charge < -0.3 is 15.4 Å². The van der Waals surface area contributed by atoms with Crippen molar-refractivity contribution >= 4 is 5.91 Å². The number of rotatable bonds is 9. The molecule has 0 aromatic carbocycles. The van der Waals surface area contributed by atoms with Gasteiger partial charge in [0.1, 0.15) is 0 Å². The Morgan fingerprint density at radius 3 is 3.00 bits per heavy atom. The quantitative estimate of drug-likeness (QED) is 0.598. The summed E-state index contributed by atoms with van der Waals surface area (Å²) in [6.45, 7) is 8.22. The number of carbonyl (C=O) groups excluding carboxylic acids is 1. The molecule has 1 aliphatic rings. The van der Waals surface area contributed by atoms with Gasteiger partial charge in [0.2, 0.25) is 5.91 Å². The highest BCUT2D eigenvalue weighted by Crippen LogP contribution is 2.11. The zero-order valence-electron chi connectivity index (χ0n) is 12.4. The van der Waals surface area contributed by atoms with Crippen molar-refractivity contribution in [2.75, 3.05) is 53.0 Å². The molecule has 1 aliphatic heterocycles. The molecule has 1 unspecified atom stereocenters. The second-order valence-corrected chi connectivity index (χ2v) is 5.24. The maximum Gasteiger partial charge on any atom is 0.234 e. The first kappa shape index (κ1) is 16.4. The van der Waals surface area contributed by atoms with Crippen LogP contribution < -0.4 is 10.6 Å². The molecular formula is C14H29N3O2. The summed E-state index contributed by atoms with van der Waals surface area (Å²) in [7, 11) is 1.68. The van der Waals surface area contributed by atoms with Crippen molar-refractivity contribution in [3.05, 3.63) is 0 Å². The number of ether oxygens (including phenoxy) is 1.